The first-order valence-electron chi connectivity index (χ1n) is 21.1. The molecule has 3 heterocycles. The van der Waals surface area contributed by atoms with E-state index in [1.54, 1.807) is 10.4 Å². The Labute approximate surface area is 342 Å². The van der Waals surface area contributed by atoms with Gasteiger partial charge in [-0.3, -0.25) is 0 Å². The zero-order valence-electron chi connectivity index (χ0n) is 34.7. The van der Waals surface area contributed by atoms with Gasteiger partial charge in [-0.15, -0.1) is 0 Å². The molecule has 3 aliphatic heterocycles. The monoisotopic (exact) mass is 769 g/mol. The molecule has 1 nitrogen and oxygen atoms in total. The fraction of sp³-hybridized carbons (Fsp3) is 0.208. The van der Waals surface area contributed by atoms with Gasteiger partial charge in [0.15, 0.2) is 8.07 Å². The molecule has 3 aliphatic rings. The molecule has 10 rings (SSSR count). The minimum Gasteiger partial charge on any atom is -0.311 e. The topological polar surface area (TPSA) is 3.24 Å². The largest absolute Gasteiger partial charge is 0.311 e. The van der Waals surface area contributed by atoms with Crippen molar-refractivity contribution in [1.82, 2.24) is 0 Å². The maximum Gasteiger partial charge on any atom is 0.241 e. The van der Waals surface area contributed by atoms with Gasteiger partial charge in [-0.2, -0.15) is 0 Å². The lowest BCUT2D eigenvalue weighted by molar-refractivity contribution is 0.812. The molecule has 0 atom stereocenters. The Kier molecular flexibility index (Phi) is 8.38. The van der Waals surface area contributed by atoms with Crippen LogP contribution in [0.15, 0.2) is 152 Å². The zero-order valence-corrected chi connectivity index (χ0v) is 36.7. The van der Waals surface area contributed by atoms with Gasteiger partial charge in [-0.25, -0.2) is 0 Å². The van der Waals surface area contributed by atoms with Crippen LogP contribution in [-0.2, 0) is 0 Å². The summed E-state index contributed by atoms with van der Waals surface area (Å²) in [6.07, 6.45) is 0. The second kappa shape index (κ2) is 13.2. The van der Waals surface area contributed by atoms with Crippen molar-refractivity contribution in [2.75, 3.05) is 4.90 Å². The minimum absolute atomic E-state index is 0.185. The Morgan fingerprint density at radius 1 is 0.439 bits per heavy atom. The summed E-state index contributed by atoms with van der Waals surface area (Å²) in [4.78, 5) is 2.61. The van der Waals surface area contributed by atoms with Crippen LogP contribution in [-0.4, -0.2) is 22.9 Å². The molecule has 7 aromatic rings. The van der Waals surface area contributed by atoms with Crippen molar-refractivity contribution in [2.45, 2.75) is 72.4 Å². The van der Waals surface area contributed by atoms with Gasteiger partial charge in [0.25, 0.3) is 0 Å². The Morgan fingerprint density at radius 2 is 0.895 bits per heavy atom. The maximum absolute atomic E-state index is 2.63. The van der Waals surface area contributed by atoms with Crippen LogP contribution in [0.25, 0.3) is 11.1 Å². The third kappa shape index (κ3) is 5.06. The van der Waals surface area contributed by atoms with Crippen LogP contribution in [0.2, 0.25) is 13.1 Å². The molecule has 0 unspecified atom stereocenters. The molecule has 0 amide bonds. The van der Waals surface area contributed by atoms with Gasteiger partial charge in [0.2, 0.25) is 6.71 Å². The molecule has 0 bridgehead atoms. The van der Waals surface area contributed by atoms with E-state index in [-0.39, 0.29) is 6.71 Å². The summed E-state index contributed by atoms with van der Waals surface area (Å²) in [6.45, 7) is 19.6. The van der Waals surface area contributed by atoms with E-state index in [1.807, 2.05) is 0 Å². The quantitative estimate of drug-likeness (QED) is 0.161. The van der Waals surface area contributed by atoms with Gasteiger partial charge in [0.05, 0.1) is 0 Å². The first-order chi connectivity index (χ1) is 27.5. The molecule has 7 aromatic carbocycles. The summed E-state index contributed by atoms with van der Waals surface area (Å²) >= 11 is 0. The van der Waals surface area contributed by atoms with E-state index in [2.05, 4.69) is 211 Å². The van der Waals surface area contributed by atoms with Gasteiger partial charge < -0.3 is 4.90 Å². The molecule has 0 fully saturated rings. The number of fused-ring (bicyclic) bond motifs is 11. The van der Waals surface area contributed by atoms with Crippen LogP contribution < -0.4 is 52.4 Å². The molecule has 0 N–H and O–H groups in total. The first kappa shape index (κ1) is 36.2. The van der Waals surface area contributed by atoms with Gasteiger partial charge >= 0.3 is 0 Å². The first-order valence-corrected chi connectivity index (χ1v) is 26.1. The van der Waals surface area contributed by atoms with Crippen molar-refractivity contribution < 1.29 is 0 Å². The molecule has 0 aromatic heterocycles. The highest BCUT2D eigenvalue weighted by Gasteiger charge is 2.54. The van der Waals surface area contributed by atoms with E-state index in [9.17, 15) is 0 Å². The summed E-state index contributed by atoms with van der Waals surface area (Å²) in [6, 6.07) is 59.4. The number of anilines is 3. The lowest BCUT2D eigenvalue weighted by Crippen LogP contribution is -2.77. The lowest BCUT2D eigenvalue weighted by Gasteiger charge is -2.44. The van der Waals surface area contributed by atoms with E-state index in [0.29, 0.717) is 17.8 Å². The van der Waals surface area contributed by atoms with Crippen molar-refractivity contribution in [3.63, 3.8) is 0 Å². The van der Waals surface area contributed by atoms with E-state index >= 15 is 0 Å². The highest BCUT2D eigenvalue weighted by atomic mass is 28.3. The van der Waals surface area contributed by atoms with E-state index < -0.39 is 16.1 Å². The number of hydrogen-bond donors (Lipinski definition) is 0. The second-order valence-electron chi connectivity index (χ2n) is 18.2. The Balaban J connectivity index is 1.23. The van der Waals surface area contributed by atoms with Gasteiger partial charge in [-0.1, -0.05) is 209 Å². The Bertz CT molecular complexity index is 2620. The summed E-state index contributed by atoms with van der Waals surface area (Å²) < 4.78 is 0. The molecule has 280 valence electrons. The summed E-state index contributed by atoms with van der Waals surface area (Å²) in [7, 11) is -4.76. The maximum atomic E-state index is 2.63. The van der Waals surface area contributed by atoms with Crippen molar-refractivity contribution in [3.05, 3.63) is 168 Å². The Morgan fingerprint density at radius 3 is 1.42 bits per heavy atom. The van der Waals surface area contributed by atoms with Crippen molar-refractivity contribution in [1.29, 1.82) is 0 Å². The molecule has 0 radical (unpaired) electrons. The standard InChI is InChI=1S/C53H52BNSi2/c1-34(2)37-31-41(35(3)4)53(42(32-37)36(5)6)54-43-21-11-16-26-49(43)56(7,8)52-33-38(29-30-44(52)54)55-45-22-12-17-27-50(45)57(51-28-18-13-23-46(51)55)47-24-14-9-19-39(47)40-20-10-15-25-48(40)57/h9-36H,1-8H3. The fourth-order valence-electron chi connectivity index (χ4n) is 11.1. The molecular weight excluding hydrogens is 718 g/mol. The summed E-state index contributed by atoms with van der Waals surface area (Å²) in [5.41, 5.74) is 15.7. The molecule has 0 aliphatic carbocycles. The zero-order chi connectivity index (χ0) is 39.4. The van der Waals surface area contributed by atoms with Gasteiger partial charge in [0.1, 0.15) is 8.07 Å². The van der Waals surface area contributed by atoms with Gasteiger partial charge in [-0.05, 0) is 90.6 Å². The molecular formula is C53H52BNSi2. The van der Waals surface area contributed by atoms with E-state index in [0.717, 1.165) is 0 Å². The average molecular weight is 770 g/mol. The third-order valence-electron chi connectivity index (χ3n) is 13.7. The highest BCUT2D eigenvalue weighted by Crippen LogP contribution is 2.41. The van der Waals surface area contributed by atoms with Gasteiger partial charge in [0, 0.05) is 17.1 Å². The summed E-state index contributed by atoms with van der Waals surface area (Å²) in [5.74, 6) is 1.32. The minimum atomic E-state index is -2.62. The van der Waals surface area contributed by atoms with Crippen LogP contribution >= 0.6 is 0 Å². The van der Waals surface area contributed by atoms with E-state index in [4.69, 9.17) is 0 Å². The van der Waals surface area contributed by atoms with Crippen LogP contribution in [0, 0.1) is 0 Å². The van der Waals surface area contributed by atoms with Crippen LogP contribution in [0.5, 0.6) is 0 Å². The molecule has 0 saturated carbocycles. The SMILES string of the molecule is CC(C)c1cc(C(C)C)c(B2c3ccccc3[Si](C)(C)c3cc(N4c5ccccc5[Si]5(c6ccccc6-c6ccccc65)c5ccccc54)ccc32)c(C(C)C)c1. The predicted octanol–water partition coefficient (Wildman–Crippen LogP) is 7.85. The molecule has 4 heteroatoms. The number of para-hydroxylation sites is 2. The number of benzene rings is 7. The molecule has 57 heavy (non-hydrogen) atoms. The molecule has 0 saturated heterocycles. The fourth-order valence-corrected chi connectivity index (χ4v) is 19.8. The summed E-state index contributed by atoms with van der Waals surface area (Å²) in [5, 5.41) is 9.11. The van der Waals surface area contributed by atoms with Crippen molar-refractivity contribution >= 4 is 87.4 Å². The van der Waals surface area contributed by atoms with Crippen molar-refractivity contribution in [2.24, 2.45) is 0 Å². The Hall–Kier alpha value is -5.16. The number of nitrogens with zero attached hydrogens (tertiary/aromatic N) is 1. The van der Waals surface area contributed by atoms with Crippen LogP contribution in [0.3, 0.4) is 0 Å². The normalized spacial score (nSPS) is 15.4. The molecule has 1 spiro atoms. The smallest absolute Gasteiger partial charge is 0.241 e. The average Bonchev–Trinajstić information content (AvgIpc) is 3.51. The predicted molar refractivity (Wildman–Crippen MR) is 254 cm³/mol. The highest BCUT2D eigenvalue weighted by molar-refractivity contribution is 7.23. The van der Waals surface area contributed by atoms with E-state index in [1.165, 1.54) is 82.0 Å². The second-order valence-corrected chi connectivity index (χ2v) is 26.2. The lowest BCUT2D eigenvalue weighted by atomic mass is 9.34. The number of rotatable bonds is 5. The third-order valence-corrected chi connectivity index (χ3v) is 22.3. The van der Waals surface area contributed by atoms with Crippen LogP contribution in [0.4, 0.5) is 17.1 Å². The van der Waals surface area contributed by atoms with Crippen LogP contribution in [0.1, 0.15) is 76.0 Å². The van der Waals surface area contributed by atoms with Crippen molar-refractivity contribution in [3.8, 4) is 11.1 Å². The number of hydrogen-bond acceptors (Lipinski definition) is 1.